The zero-order chi connectivity index (χ0) is 16.5. The lowest BCUT2D eigenvalue weighted by atomic mass is 9.86. The summed E-state index contributed by atoms with van der Waals surface area (Å²) < 4.78 is 10.8. The highest BCUT2D eigenvalue weighted by Crippen LogP contribution is 2.37. The van der Waals surface area contributed by atoms with Gasteiger partial charge in [0, 0.05) is 24.0 Å². The molecule has 0 saturated carbocycles. The van der Waals surface area contributed by atoms with Gasteiger partial charge in [-0.1, -0.05) is 35.9 Å². The van der Waals surface area contributed by atoms with Gasteiger partial charge in [-0.2, -0.15) is 0 Å². The second-order valence-electron chi connectivity index (χ2n) is 6.40. The Morgan fingerprint density at radius 1 is 1.12 bits per heavy atom. The number of benzene rings is 2. The van der Waals surface area contributed by atoms with E-state index in [0.717, 1.165) is 47.2 Å². The molecular weight excluding hydrogens is 326 g/mol. The van der Waals surface area contributed by atoms with E-state index in [2.05, 4.69) is 4.90 Å². The lowest BCUT2D eigenvalue weighted by Gasteiger charge is -2.36. The normalized spacial score (nSPS) is 23.4. The fourth-order valence-electron chi connectivity index (χ4n) is 3.54. The Labute approximate surface area is 146 Å². The number of ether oxygens (including phenoxy) is 2. The summed E-state index contributed by atoms with van der Waals surface area (Å²) >= 11 is 6.24. The van der Waals surface area contributed by atoms with E-state index in [1.807, 2.05) is 42.5 Å². The number of halogens is 1. The first-order valence-electron chi connectivity index (χ1n) is 8.24. The second-order valence-corrected chi connectivity index (χ2v) is 6.81. The lowest BCUT2D eigenvalue weighted by Crippen LogP contribution is -2.42. The highest BCUT2D eigenvalue weighted by molar-refractivity contribution is 6.31. The smallest absolute Gasteiger partial charge is 0.231 e. The zero-order valence-corrected chi connectivity index (χ0v) is 14.1. The molecule has 2 aromatic carbocycles. The maximum atomic E-state index is 10.6. The average Bonchev–Trinajstić information content (AvgIpc) is 3.05. The first kappa shape index (κ1) is 15.8. The second kappa shape index (κ2) is 6.63. The summed E-state index contributed by atoms with van der Waals surface area (Å²) in [6, 6.07) is 13.8. The van der Waals surface area contributed by atoms with E-state index in [-0.39, 0.29) is 12.7 Å². The van der Waals surface area contributed by atoms with E-state index in [4.69, 9.17) is 21.1 Å². The molecule has 2 aliphatic rings. The topological polar surface area (TPSA) is 41.9 Å². The van der Waals surface area contributed by atoms with Crippen molar-refractivity contribution in [1.29, 1.82) is 0 Å². The number of hydrogen-bond acceptors (Lipinski definition) is 4. The third-order valence-electron chi connectivity index (χ3n) is 4.84. The van der Waals surface area contributed by atoms with Crippen LogP contribution in [0.3, 0.4) is 0 Å². The molecule has 1 saturated heterocycles. The van der Waals surface area contributed by atoms with Crippen molar-refractivity contribution in [2.45, 2.75) is 25.0 Å². The molecule has 0 aromatic heterocycles. The predicted octanol–water partition coefficient (Wildman–Crippen LogP) is 3.42. The SMILES string of the molecule is O[C@@H]1CN(Cc2ccccc2Cl)CC[C@H]1c1ccc2c(c1)OCO2. The molecule has 2 aliphatic heterocycles. The van der Waals surface area contributed by atoms with Crippen molar-refractivity contribution >= 4 is 11.6 Å². The van der Waals surface area contributed by atoms with Crippen molar-refractivity contribution in [3.63, 3.8) is 0 Å². The highest BCUT2D eigenvalue weighted by Gasteiger charge is 2.30. The molecule has 0 bridgehead atoms. The molecule has 1 N–H and O–H groups in total. The summed E-state index contributed by atoms with van der Waals surface area (Å²) in [6.07, 6.45) is 0.507. The molecule has 0 aliphatic carbocycles. The van der Waals surface area contributed by atoms with Crippen LogP contribution in [0.25, 0.3) is 0 Å². The molecule has 0 amide bonds. The molecule has 4 rings (SSSR count). The van der Waals surface area contributed by atoms with Crippen molar-refractivity contribution in [3.05, 3.63) is 58.6 Å². The molecule has 2 heterocycles. The Morgan fingerprint density at radius 3 is 2.79 bits per heavy atom. The van der Waals surface area contributed by atoms with Gasteiger partial charge >= 0.3 is 0 Å². The maximum absolute atomic E-state index is 10.6. The Morgan fingerprint density at radius 2 is 1.96 bits per heavy atom. The minimum atomic E-state index is -0.401. The summed E-state index contributed by atoms with van der Waals surface area (Å²) in [5.74, 6) is 1.68. The van der Waals surface area contributed by atoms with E-state index in [1.54, 1.807) is 0 Å². The number of likely N-dealkylation sites (tertiary alicyclic amines) is 1. The predicted molar refractivity (Wildman–Crippen MR) is 92.7 cm³/mol. The minimum Gasteiger partial charge on any atom is -0.454 e. The van der Waals surface area contributed by atoms with Gasteiger partial charge in [-0.3, -0.25) is 4.90 Å². The maximum Gasteiger partial charge on any atom is 0.231 e. The van der Waals surface area contributed by atoms with Gasteiger partial charge in [-0.25, -0.2) is 0 Å². The molecule has 0 unspecified atom stereocenters. The standard InChI is InChI=1S/C19H20ClNO3/c20-16-4-2-1-3-14(16)10-21-8-7-15(17(22)11-21)13-5-6-18-19(9-13)24-12-23-18/h1-6,9,15,17,22H,7-8,10-12H2/t15-,17+/m0/s1. The Hall–Kier alpha value is -1.75. The Kier molecular flexibility index (Phi) is 4.35. The van der Waals surface area contributed by atoms with Gasteiger partial charge < -0.3 is 14.6 Å². The van der Waals surface area contributed by atoms with Crippen molar-refractivity contribution in [3.8, 4) is 11.5 Å². The van der Waals surface area contributed by atoms with E-state index < -0.39 is 6.10 Å². The van der Waals surface area contributed by atoms with Crippen LogP contribution < -0.4 is 9.47 Å². The van der Waals surface area contributed by atoms with Crippen LogP contribution in [0.1, 0.15) is 23.5 Å². The van der Waals surface area contributed by atoms with Gasteiger partial charge in [0.2, 0.25) is 6.79 Å². The summed E-state index contributed by atoms with van der Waals surface area (Å²) in [5.41, 5.74) is 2.22. The molecule has 2 atom stereocenters. The largest absolute Gasteiger partial charge is 0.454 e. The third-order valence-corrected chi connectivity index (χ3v) is 5.21. The first-order valence-corrected chi connectivity index (χ1v) is 8.62. The van der Waals surface area contributed by atoms with Crippen LogP contribution in [0, 0.1) is 0 Å². The van der Waals surface area contributed by atoms with Crippen LogP contribution in [0.2, 0.25) is 5.02 Å². The summed E-state index contributed by atoms with van der Waals surface area (Å²) in [5, 5.41) is 11.4. The molecule has 1 fully saturated rings. The number of aliphatic hydroxyl groups is 1. The fourth-order valence-corrected chi connectivity index (χ4v) is 3.74. The van der Waals surface area contributed by atoms with Gasteiger partial charge in [0.25, 0.3) is 0 Å². The lowest BCUT2D eigenvalue weighted by molar-refractivity contribution is 0.0476. The molecule has 2 aromatic rings. The molecule has 0 spiro atoms. The van der Waals surface area contributed by atoms with Gasteiger partial charge in [-0.15, -0.1) is 0 Å². The van der Waals surface area contributed by atoms with Gasteiger partial charge in [-0.05, 0) is 42.3 Å². The van der Waals surface area contributed by atoms with Crippen molar-refractivity contribution in [2.24, 2.45) is 0 Å². The zero-order valence-electron chi connectivity index (χ0n) is 13.3. The molecule has 4 nitrogen and oxygen atoms in total. The van der Waals surface area contributed by atoms with Crippen LogP contribution in [0.5, 0.6) is 11.5 Å². The summed E-state index contributed by atoms with van der Waals surface area (Å²) in [7, 11) is 0. The van der Waals surface area contributed by atoms with Crippen LogP contribution in [0.15, 0.2) is 42.5 Å². The fraction of sp³-hybridized carbons (Fsp3) is 0.368. The van der Waals surface area contributed by atoms with Crippen molar-refractivity contribution in [2.75, 3.05) is 19.9 Å². The number of rotatable bonds is 3. The number of piperidine rings is 1. The minimum absolute atomic E-state index is 0.127. The number of nitrogens with zero attached hydrogens (tertiary/aromatic N) is 1. The van der Waals surface area contributed by atoms with Gasteiger partial charge in [0.1, 0.15) is 0 Å². The van der Waals surface area contributed by atoms with Crippen LogP contribution in [0.4, 0.5) is 0 Å². The van der Waals surface area contributed by atoms with E-state index in [0.29, 0.717) is 6.54 Å². The molecule has 5 heteroatoms. The number of β-amino-alcohol motifs (C(OH)–C–C–N with tert-alkyl or cyclic N) is 1. The van der Waals surface area contributed by atoms with Gasteiger partial charge in [0.15, 0.2) is 11.5 Å². The van der Waals surface area contributed by atoms with E-state index in [9.17, 15) is 5.11 Å². The van der Waals surface area contributed by atoms with Crippen LogP contribution in [-0.4, -0.2) is 36.0 Å². The molecular formula is C19H20ClNO3. The van der Waals surface area contributed by atoms with Crippen molar-refractivity contribution in [1.82, 2.24) is 4.90 Å². The van der Waals surface area contributed by atoms with E-state index >= 15 is 0 Å². The molecule has 0 radical (unpaired) electrons. The first-order chi connectivity index (χ1) is 11.7. The highest BCUT2D eigenvalue weighted by atomic mass is 35.5. The van der Waals surface area contributed by atoms with Gasteiger partial charge in [0.05, 0.1) is 6.10 Å². The Bertz CT molecular complexity index is 736. The molecule has 24 heavy (non-hydrogen) atoms. The van der Waals surface area contributed by atoms with Crippen molar-refractivity contribution < 1.29 is 14.6 Å². The molecule has 126 valence electrons. The summed E-state index contributed by atoms with van der Waals surface area (Å²) in [6.45, 7) is 2.62. The number of hydrogen-bond donors (Lipinski definition) is 1. The monoisotopic (exact) mass is 345 g/mol. The number of aliphatic hydroxyl groups excluding tert-OH is 1. The van der Waals surface area contributed by atoms with E-state index in [1.165, 1.54) is 0 Å². The summed E-state index contributed by atoms with van der Waals surface area (Å²) in [4.78, 5) is 2.26. The average molecular weight is 346 g/mol. The van der Waals surface area contributed by atoms with Crippen LogP contribution in [-0.2, 0) is 6.54 Å². The quantitative estimate of drug-likeness (QED) is 0.925. The Balaban J connectivity index is 1.44. The third kappa shape index (κ3) is 3.09. The number of fused-ring (bicyclic) bond motifs is 1. The van der Waals surface area contributed by atoms with Crippen LogP contribution >= 0.6 is 11.6 Å².